The topological polar surface area (TPSA) is 66.4 Å². The lowest BCUT2D eigenvalue weighted by molar-refractivity contribution is -0.143. The fourth-order valence-electron chi connectivity index (χ4n) is 3.38. The third-order valence-electron chi connectivity index (χ3n) is 4.42. The molecule has 1 aromatic rings. The van der Waals surface area contributed by atoms with Crippen LogP contribution in [0.4, 0.5) is 5.69 Å². The van der Waals surface area contributed by atoms with E-state index < -0.39 is 11.4 Å². The molecule has 1 aliphatic heterocycles. The van der Waals surface area contributed by atoms with Crippen LogP contribution < -0.4 is 5.32 Å². The number of anilines is 1. The van der Waals surface area contributed by atoms with Crippen LogP contribution in [-0.2, 0) is 21.4 Å². The molecule has 1 fully saturated rings. The Morgan fingerprint density at radius 3 is 2.63 bits per heavy atom. The Balaban J connectivity index is 2.14. The van der Waals surface area contributed by atoms with Gasteiger partial charge >= 0.3 is 5.97 Å². The van der Waals surface area contributed by atoms with Gasteiger partial charge in [-0.25, -0.2) is 0 Å². The molecule has 0 atom stereocenters. The van der Waals surface area contributed by atoms with Crippen LogP contribution in [0.2, 0.25) is 0 Å². The normalized spacial score (nSPS) is 20.7. The molecule has 4 nitrogen and oxygen atoms in total. The van der Waals surface area contributed by atoms with Crippen molar-refractivity contribution in [2.75, 3.05) is 5.32 Å². The number of carbonyl (C=O) groups is 2. The van der Waals surface area contributed by atoms with Crippen LogP contribution >= 0.6 is 0 Å². The molecular formula is C15H17NO3. The molecule has 2 aliphatic rings. The number of fused-ring (bicyclic) bond motifs is 1. The summed E-state index contributed by atoms with van der Waals surface area (Å²) in [4.78, 5) is 23.4. The molecule has 0 radical (unpaired) electrons. The third-order valence-corrected chi connectivity index (χ3v) is 4.42. The number of benzene rings is 1. The van der Waals surface area contributed by atoms with Crippen LogP contribution in [0.3, 0.4) is 0 Å². The van der Waals surface area contributed by atoms with Gasteiger partial charge < -0.3 is 10.4 Å². The maximum absolute atomic E-state index is 11.8. The number of aryl methyl sites for hydroxylation is 1. The maximum Gasteiger partial charge on any atom is 0.314 e. The zero-order chi connectivity index (χ0) is 13.5. The molecule has 0 aromatic heterocycles. The van der Waals surface area contributed by atoms with E-state index in [1.54, 1.807) is 0 Å². The monoisotopic (exact) mass is 259 g/mol. The minimum absolute atomic E-state index is 0.0153. The Labute approximate surface area is 111 Å². The number of rotatable bonds is 2. The number of carboxylic acid groups (broad SMARTS) is 1. The van der Waals surface area contributed by atoms with Crippen molar-refractivity contribution in [2.24, 2.45) is 0 Å². The molecule has 1 aromatic carbocycles. The zero-order valence-corrected chi connectivity index (χ0v) is 10.7. The largest absolute Gasteiger partial charge is 0.481 e. The van der Waals surface area contributed by atoms with Crippen molar-refractivity contribution in [1.82, 2.24) is 0 Å². The van der Waals surface area contributed by atoms with Crippen LogP contribution in [-0.4, -0.2) is 17.0 Å². The van der Waals surface area contributed by atoms with Crippen molar-refractivity contribution in [3.05, 3.63) is 29.3 Å². The maximum atomic E-state index is 11.8. The molecule has 4 heteroatoms. The van der Waals surface area contributed by atoms with Gasteiger partial charge in [0.15, 0.2) is 0 Å². The van der Waals surface area contributed by atoms with Gasteiger partial charge in [0.25, 0.3) is 0 Å². The van der Waals surface area contributed by atoms with Crippen molar-refractivity contribution >= 4 is 17.6 Å². The summed E-state index contributed by atoms with van der Waals surface area (Å²) >= 11 is 0. The Morgan fingerprint density at radius 2 is 1.95 bits per heavy atom. The summed E-state index contributed by atoms with van der Waals surface area (Å²) in [6.45, 7) is 0. The molecular weight excluding hydrogens is 242 g/mol. The summed E-state index contributed by atoms with van der Waals surface area (Å²) in [6.07, 6.45) is 4.37. The summed E-state index contributed by atoms with van der Waals surface area (Å²) in [5.74, 6) is -0.781. The standard InChI is InChI=1S/C15H17NO3/c17-12-7-6-10-4-3-5-11(13(10)16-12)15(14(18)19)8-1-2-9-15/h3-5H,1-2,6-9H2,(H,16,17)(H,18,19). The smallest absolute Gasteiger partial charge is 0.314 e. The predicted octanol–water partition coefficient (Wildman–Crippen LogP) is 2.47. The number of nitrogens with one attached hydrogen (secondary N) is 1. The lowest BCUT2D eigenvalue weighted by Crippen LogP contribution is -2.35. The number of hydrogen-bond donors (Lipinski definition) is 2. The summed E-state index contributed by atoms with van der Waals surface area (Å²) in [6, 6.07) is 5.75. The number of amides is 1. The highest BCUT2D eigenvalue weighted by Gasteiger charge is 2.45. The highest BCUT2D eigenvalue weighted by atomic mass is 16.4. The second-order valence-electron chi connectivity index (χ2n) is 5.48. The molecule has 0 unspecified atom stereocenters. The quantitative estimate of drug-likeness (QED) is 0.857. The van der Waals surface area contributed by atoms with Crippen molar-refractivity contribution in [1.29, 1.82) is 0 Å². The van der Waals surface area contributed by atoms with Gasteiger partial charge in [0.1, 0.15) is 0 Å². The van der Waals surface area contributed by atoms with E-state index in [4.69, 9.17) is 0 Å². The zero-order valence-electron chi connectivity index (χ0n) is 10.7. The number of hydrogen-bond acceptors (Lipinski definition) is 2. The Bertz CT molecular complexity index is 544. The fraction of sp³-hybridized carbons (Fsp3) is 0.467. The van der Waals surface area contributed by atoms with Crippen LogP contribution in [0.15, 0.2) is 18.2 Å². The van der Waals surface area contributed by atoms with Crippen LogP contribution in [0, 0.1) is 0 Å². The van der Waals surface area contributed by atoms with Gasteiger partial charge in [-0.15, -0.1) is 0 Å². The van der Waals surface area contributed by atoms with Gasteiger partial charge in [0.2, 0.25) is 5.91 Å². The second-order valence-corrected chi connectivity index (χ2v) is 5.48. The van der Waals surface area contributed by atoms with E-state index in [9.17, 15) is 14.7 Å². The van der Waals surface area contributed by atoms with Gasteiger partial charge in [0, 0.05) is 12.1 Å². The highest BCUT2D eigenvalue weighted by Crippen LogP contribution is 2.45. The molecule has 0 spiro atoms. The number of carbonyl (C=O) groups excluding carboxylic acids is 1. The number of carboxylic acids is 1. The minimum Gasteiger partial charge on any atom is -0.481 e. The Hall–Kier alpha value is -1.84. The van der Waals surface area contributed by atoms with E-state index in [1.165, 1.54) is 0 Å². The lowest BCUT2D eigenvalue weighted by Gasteiger charge is -2.30. The summed E-state index contributed by atoms with van der Waals surface area (Å²) in [5.41, 5.74) is 1.80. The van der Waals surface area contributed by atoms with Gasteiger partial charge in [-0.05, 0) is 30.4 Å². The van der Waals surface area contributed by atoms with E-state index >= 15 is 0 Å². The lowest BCUT2D eigenvalue weighted by atomic mass is 9.76. The van der Waals surface area contributed by atoms with E-state index in [0.29, 0.717) is 25.7 Å². The molecule has 1 saturated carbocycles. The number of para-hydroxylation sites is 1. The van der Waals surface area contributed by atoms with E-state index in [1.807, 2.05) is 18.2 Å². The van der Waals surface area contributed by atoms with Gasteiger partial charge in [0.05, 0.1) is 5.41 Å². The average molecular weight is 259 g/mol. The van der Waals surface area contributed by atoms with Gasteiger partial charge in [-0.2, -0.15) is 0 Å². The molecule has 2 N–H and O–H groups in total. The van der Waals surface area contributed by atoms with Gasteiger partial charge in [-0.3, -0.25) is 9.59 Å². The Kier molecular flexibility index (Phi) is 2.81. The van der Waals surface area contributed by atoms with E-state index in [2.05, 4.69) is 5.32 Å². The SMILES string of the molecule is O=C1CCc2cccc(C3(C(=O)O)CCCC3)c2N1. The van der Waals surface area contributed by atoms with Crippen LogP contribution in [0.25, 0.3) is 0 Å². The molecule has 100 valence electrons. The second kappa shape index (κ2) is 4.37. The minimum atomic E-state index is -0.810. The van der Waals surface area contributed by atoms with Crippen molar-refractivity contribution in [3.63, 3.8) is 0 Å². The summed E-state index contributed by atoms with van der Waals surface area (Å²) in [7, 11) is 0. The molecule has 3 rings (SSSR count). The fourth-order valence-corrected chi connectivity index (χ4v) is 3.38. The first-order chi connectivity index (χ1) is 9.13. The highest BCUT2D eigenvalue weighted by molar-refractivity contribution is 5.97. The summed E-state index contributed by atoms with van der Waals surface area (Å²) < 4.78 is 0. The van der Waals surface area contributed by atoms with Crippen molar-refractivity contribution in [2.45, 2.75) is 43.9 Å². The van der Waals surface area contributed by atoms with Crippen LogP contribution in [0.5, 0.6) is 0 Å². The first kappa shape index (κ1) is 12.2. The summed E-state index contributed by atoms with van der Waals surface area (Å²) in [5, 5.41) is 12.6. The molecule has 1 amide bonds. The molecule has 1 aliphatic carbocycles. The van der Waals surface area contributed by atoms with Crippen LogP contribution in [0.1, 0.15) is 43.2 Å². The molecule has 19 heavy (non-hydrogen) atoms. The Morgan fingerprint density at radius 1 is 1.21 bits per heavy atom. The third kappa shape index (κ3) is 1.82. The van der Waals surface area contributed by atoms with Gasteiger partial charge in [-0.1, -0.05) is 31.0 Å². The average Bonchev–Trinajstić information content (AvgIpc) is 2.88. The first-order valence-electron chi connectivity index (χ1n) is 6.79. The van der Waals surface area contributed by atoms with Crippen molar-refractivity contribution < 1.29 is 14.7 Å². The predicted molar refractivity (Wildman–Crippen MR) is 71.2 cm³/mol. The van der Waals surface area contributed by atoms with E-state index in [0.717, 1.165) is 29.7 Å². The molecule has 0 bridgehead atoms. The molecule has 0 saturated heterocycles. The first-order valence-corrected chi connectivity index (χ1v) is 6.79. The van der Waals surface area contributed by atoms with Crippen molar-refractivity contribution in [3.8, 4) is 0 Å². The molecule has 1 heterocycles. The van der Waals surface area contributed by atoms with E-state index in [-0.39, 0.29) is 5.91 Å². The number of aliphatic carboxylic acids is 1.